The number of aryl methyl sites for hydroxylation is 3. The fraction of sp³-hybridized carbons (Fsp3) is 0.366. The van der Waals surface area contributed by atoms with E-state index in [-0.39, 0.29) is 24.7 Å². The Morgan fingerprint density at radius 2 is 1.68 bits per heavy atom. The fourth-order valence-electron chi connectivity index (χ4n) is 7.81. The number of para-hydroxylation sites is 1. The maximum Gasteiger partial charge on any atom is 0.243 e. The summed E-state index contributed by atoms with van der Waals surface area (Å²) in [5.41, 5.74) is 7.11. The van der Waals surface area contributed by atoms with Crippen LogP contribution in [0, 0.1) is 25.2 Å². The van der Waals surface area contributed by atoms with Gasteiger partial charge in [0.05, 0.1) is 22.5 Å². The summed E-state index contributed by atoms with van der Waals surface area (Å²) in [6.07, 6.45) is 1.61. The molecule has 6 aromatic rings. The molecule has 2 aromatic heterocycles. The van der Waals surface area contributed by atoms with E-state index in [1.54, 1.807) is 21.1 Å². The predicted molar refractivity (Wildman–Crippen MR) is 204 cm³/mol. The molecule has 0 N–H and O–H groups in total. The van der Waals surface area contributed by atoms with Gasteiger partial charge in [0.2, 0.25) is 10.0 Å². The Labute approximate surface area is 311 Å². The summed E-state index contributed by atoms with van der Waals surface area (Å²) in [6.45, 7) is 13.5. The molecular formula is C41H46N8O3S. The molecule has 0 amide bonds. The van der Waals surface area contributed by atoms with Crippen molar-refractivity contribution in [3.63, 3.8) is 0 Å². The number of carbonyl (C=O) groups excluding carboxylic acids is 1. The monoisotopic (exact) mass is 730 g/mol. The van der Waals surface area contributed by atoms with Crippen molar-refractivity contribution >= 4 is 26.8 Å². The third-order valence-corrected chi connectivity index (χ3v) is 13.0. The Hall–Kier alpha value is -5.07. The lowest BCUT2D eigenvalue weighted by Crippen LogP contribution is -2.35. The zero-order valence-electron chi connectivity index (χ0n) is 31.2. The average molecular weight is 731 g/mol. The van der Waals surface area contributed by atoms with Gasteiger partial charge in [0.1, 0.15) is 11.3 Å². The maximum absolute atomic E-state index is 14.7. The maximum atomic E-state index is 14.7. The molecule has 2 atom stereocenters. The first-order valence-electron chi connectivity index (χ1n) is 18.3. The van der Waals surface area contributed by atoms with Gasteiger partial charge in [-0.15, -0.1) is 10.2 Å². The largest absolute Gasteiger partial charge is 0.299 e. The lowest BCUT2D eigenvalue weighted by Gasteiger charge is -2.35. The number of benzene rings is 4. The van der Waals surface area contributed by atoms with Crippen molar-refractivity contribution in [3.05, 3.63) is 124 Å². The molecule has 274 valence electrons. The molecule has 0 unspecified atom stereocenters. The van der Waals surface area contributed by atoms with Crippen molar-refractivity contribution in [1.82, 2.24) is 39.5 Å². The summed E-state index contributed by atoms with van der Waals surface area (Å²) in [5.74, 6) is 0.189. The number of fused-ring (bicyclic) bond motifs is 2. The van der Waals surface area contributed by atoms with Crippen LogP contribution in [0.1, 0.15) is 79.2 Å². The van der Waals surface area contributed by atoms with Crippen LogP contribution in [0.25, 0.3) is 16.7 Å². The molecule has 0 saturated carbocycles. The third kappa shape index (κ3) is 6.70. The molecule has 4 aromatic carbocycles. The number of rotatable bonds is 11. The minimum Gasteiger partial charge on any atom is -0.299 e. The van der Waals surface area contributed by atoms with Gasteiger partial charge in [-0.25, -0.2) is 13.1 Å². The van der Waals surface area contributed by atoms with E-state index >= 15 is 0 Å². The Kier molecular flexibility index (Phi) is 9.86. The highest BCUT2D eigenvalue weighted by atomic mass is 32.2. The van der Waals surface area contributed by atoms with Gasteiger partial charge in [0.15, 0.2) is 5.82 Å². The molecule has 0 saturated heterocycles. The molecule has 1 aliphatic heterocycles. The average Bonchev–Trinajstić information content (AvgIpc) is 3.78. The van der Waals surface area contributed by atoms with Gasteiger partial charge in [-0.3, -0.25) is 4.79 Å². The molecule has 12 heteroatoms. The molecule has 0 aliphatic carbocycles. The summed E-state index contributed by atoms with van der Waals surface area (Å²) in [4.78, 5) is 15.1. The van der Waals surface area contributed by atoms with E-state index in [0.29, 0.717) is 23.8 Å². The first kappa shape index (κ1) is 36.3. The number of sulfonamides is 1. The Bertz CT molecular complexity index is 2400. The van der Waals surface area contributed by atoms with Crippen molar-refractivity contribution < 1.29 is 13.2 Å². The number of hydrogen-bond donors (Lipinski definition) is 0. The zero-order chi connectivity index (χ0) is 37.5. The van der Waals surface area contributed by atoms with Gasteiger partial charge >= 0.3 is 0 Å². The molecule has 11 nitrogen and oxygen atoms in total. The molecule has 0 spiro atoms. The van der Waals surface area contributed by atoms with Crippen molar-refractivity contribution in [2.45, 2.75) is 84.7 Å². The highest BCUT2D eigenvalue weighted by Gasteiger charge is 2.41. The summed E-state index contributed by atoms with van der Waals surface area (Å²) in [6, 6.07) is 27.2. The van der Waals surface area contributed by atoms with Crippen LogP contribution in [0.15, 0.2) is 89.8 Å². The van der Waals surface area contributed by atoms with Gasteiger partial charge in [-0.1, -0.05) is 93.1 Å². The fourth-order valence-corrected chi connectivity index (χ4v) is 9.54. The van der Waals surface area contributed by atoms with Crippen LogP contribution in [0.5, 0.6) is 0 Å². The molecule has 7 rings (SSSR count). The smallest absolute Gasteiger partial charge is 0.243 e. The number of hydrogen-bond acceptors (Lipinski definition) is 8. The Morgan fingerprint density at radius 1 is 0.925 bits per heavy atom. The van der Waals surface area contributed by atoms with E-state index in [1.165, 1.54) is 0 Å². The quantitative estimate of drug-likeness (QED) is 0.143. The topological polar surface area (TPSA) is 129 Å². The second-order valence-electron chi connectivity index (χ2n) is 14.7. The first-order valence-corrected chi connectivity index (χ1v) is 19.7. The summed E-state index contributed by atoms with van der Waals surface area (Å²) in [5, 5.41) is 21.3. The SMILES string of the molecule is CC[C@H]1Cc2ccccc2S(=O)(=O)N(Cc2cc([C@@H](c3ccc4c(nnn4CC)c3C)C(C)(C)C(=O)Cc3nnnn3-c3ccccc3)ccc2C)C1. The number of nitrogens with zero attached hydrogens (tertiary/aromatic N) is 8. The van der Waals surface area contributed by atoms with Crippen LogP contribution in [-0.4, -0.2) is 60.3 Å². The lowest BCUT2D eigenvalue weighted by atomic mass is 9.67. The molecule has 53 heavy (non-hydrogen) atoms. The van der Waals surface area contributed by atoms with Gasteiger partial charge < -0.3 is 0 Å². The molecule has 0 bridgehead atoms. The first-order chi connectivity index (χ1) is 25.4. The van der Waals surface area contributed by atoms with Crippen LogP contribution in [0.4, 0.5) is 0 Å². The van der Waals surface area contributed by atoms with E-state index < -0.39 is 21.4 Å². The number of carbonyl (C=O) groups is 1. The third-order valence-electron chi connectivity index (χ3n) is 11.1. The number of ketones is 1. The highest BCUT2D eigenvalue weighted by Crippen LogP contribution is 2.45. The molecule has 1 aliphatic rings. The Morgan fingerprint density at radius 3 is 2.43 bits per heavy atom. The Balaban J connectivity index is 1.32. The second kappa shape index (κ2) is 14.4. The standard InChI is InChI=1S/C41H46N8O3S/c1-7-29-22-30-14-12-13-17-36(30)53(51,52)47(25-29)26-32-23-31(19-18-27(32)3)39(34-20-21-35-40(28(34)4)43-45-48(35)8-2)41(5,6)37(50)24-38-42-44-46-49(38)33-15-10-9-11-16-33/h9-21,23,29,39H,7-8,22,24-26H2,1-6H3/t29-,39-/m0/s1. The van der Waals surface area contributed by atoms with Gasteiger partial charge in [0.25, 0.3) is 0 Å². The van der Waals surface area contributed by atoms with Gasteiger partial charge in [-0.05, 0) is 101 Å². The van der Waals surface area contributed by atoms with E-state index in [4.69, 9.17) is 0 Å². The van der Waals surface area contributed by atoms with E-state index in [1.807, 2.05) is 93.9 Å². The molecule has 0 radical (unpaired) electrons. The van der Waals surface area contributed by atoms with Crippen LogP contribution >= 0.6 is 0 Å². The van der Waals surface area contributed by atoms with Crippen molar-refractivity contribution in [2.75, 3.05) is 6.54 Å². The highest BCUT2D eigenvalue weighted by molar-refractivity contribution is 7.89. The molecular weight excluding hydrogens is 685 g/mol. The van der Waals surface area contributed by atoms with Crippen LogP contribution in [0.2, 0.25) is 0 Å². The van der Waals surface area contributed by atoms with Crippen LogP contribution in [-0.2, 0) is 40.7 Å². The van der Waals surface area contributed by atoms with Crippen LogP contribution in [0.3, 0.4) is 0 Å². The predicted octanol–water partition coefficient (Wildman–Crippen LogP) is 6.79. The lowest BCUT2D eigenvalue weighted by molar-refractivity contribution is -0.127. The van der Waals surface area contributed by atoms with Crippen molar-refractivity contribution in [3.8, 4) is 5.69 Å². The van der Waals surface area contributed by atoms with Crippen molar-refractivity contribution in [2.24, 2.45) is 11.3 Å². The minimum absolute atomic E-state index is 0.0151. The summed E-state index contributed by atoms with van der Waals surface area (Å²) in [7, 11) is -3.75. The normalized spacial score (nSPS) is 16.7. The minimum atomic E-state index is -3.75. The van der Waals surface area contributed by atoms with Crippen molar-refractivity contribution in [1.29, 1.82) is 0 Å². The summed E-state index contributed by atoms with van der Waals surface area (Å²) >= 11 is 0. The zero-order valence-corrected chi connectivity index (χ0v) is 32.0. The second-order valence-corrected chi connectivity index (χ2v) is 16.6. The number of Topliss-reactive ketones (excluding diaryl/α,β-unsaturated/α-hetero) is 1. The van der Waals surface area contributed by atoms with E-state index in [2.05, 4.69) is 51.0 Å². The van der Waals surface area contributed by atoms with E-state index in [0.717, 1.165) is 62.9 Å². The van der Waals surface area contributed by atoms with E-state index in [9.17, 15) is 13.2 Å². The molecule has 0 fully saturated rings. The van der Waals surface area contributed by atoms with Crippen LogP contribution < -0.4 is 0 Å². The summed E-state index contributed by atoms with van der Waals surface area (Å²) < 4.78 is 33.6. The molecule has 3 heterocycles. The number of tetrazole rings is 1. The number of aromatic nitrogens is 7. The van der Waals surface area contributed by atoms with Gasteiger partial charge in [0, 0.05) is 31.0 Å². The van der Waals surface area contributed by atoms with Gasteiger partial charge in [-0.2, -0.15) is 8.99 Å².